The summed E-state index contributed by atoms with van der Waals surface area (Å²) in [6, 6.07) is 7.82. The number of aromatic nitrogens is 2. The van der Waals surface area contributed by atoms with Crippen molar-refractivity contribution in [2.75, 3.05) is 7.11 Å². The van der Waals surface area contributed by atoms with Gasteiger partial charge in [-0.3, -0.25) is 24.7 Å². The molecule has 3 heterocycles. The zero-order valence-electron chi connectivity index (χ0n) is 19.6. The van der Waals surface area contributed by atoms with Crippen LogP contribution in [0.5, 0.6) is 0 Å². The number of amides is 1. The molecular weight excluding hydrogens is 468 g/mol. The number of hydrogen-bond donors (Lipinski definition) is 2. The number of H-pyrrole nitrogens is 1. The maximum atomic E-state index is 13.3. The minimum Gasteiger partial charge on any atom is -0.507 e. The number of nitro benzene ring substituents is 1. The van der Waals surface area contributed by atoms with Gasteiger partial charge >= 0.3 is 5.97 Å². The van der Waals surface area contributed by atoms with Crippen LogP contribution in [0.25, 0.3) is 5.76 Å². The quantitative estimate of drug-likeness (QED) is 0.133. The van der Waals surface area contributed by atoms with Crippen LogP contribution in [0.2, 0.25) is 0 Å². The molecule has 1 aliphatic heterocycles. The molecule has 1 fully saturated rings. The summed E-state index contributed by atoms with van der Waals surface area (Å²) in [5.74, 6) is -3.00. The lowest BCUT2D eigenvalue weighted by atomic mass is 9.93. The predicted molar refractivity (Wildman–Crippen MR) is 127 cm³/mol. The summed E-state index contributed by atoms with van der Waals surface area (Å²) in [6.45, 7) is 3.14. The van der Waals surface area contributed by atoms with Crippen molar-refractivity contribution in [2.24, 2.45) is 0 Å². The minimum atomic E-state index is -1.12. The number of aliphatic hydroxyl groups excluding tert-OH is 1. The number of ketones is 1. The Balaban J connectivity index is 1.94. The smallest absolute Gasteiger partial charge is 0.354 e. The molecule has 1 saturated heterocycles. The molecule has 2 N–H and O–H groups in total. The Labute approximate surface area is 205 Å². The number of nitro groups is 1. The molecular formula is C25H22N4O7. The zero-order chi connectivity index (χ0) is 26.1. The number of nitrogens with zero attached hydrogens (tertiary/aromatic N) is 3. The number of esters is 1. The van der Waals surface area contributed by atoms with Crippen molar-refractivity contribution in [3.05, 3.63) is 98.1 Å². The van der Waals surface area contributed by atoms with E-state index in [1.807, 2.05) is 0 Å². The van der Waals surface area contributed by atoms with Crippen molar-refractivity contribution in [1.82, 2.24) is 14.9 Å². The summed E-state index contributed by atoms with van der Waals surface area (Å²) in [5, 5.41) is 22.8. The normalized spacial score (nSPS) is 16.9. The van der Waals surface area contributed by atoms with Crippen LogP contribution < -0.4 is 0 Å². The highest BCUT2D eigenvalue weighted by molar-refractivity contribution is 6.46. The van der Waals surface area contributed by atoms with E-state index in [-0.39, 0.29) is 34.6 Å². The summed E-state index contributed by atoms with van der Waals surface area (Å²) in [5.41, 5.74) is 1.38. The average Bonchev–Trinajstić information content (AvgIpc) is 3.31. The van der Waals surface area contributed by atoms with Gasteiger partial charge in [0.05, 0.1) is 23.6 Å². The van der Waals surface area contributed by atoms with Crippen LogP contribution in [0, 0.1) is 24.0 Å². The van der Waals surface area contributed by atoms with Gasteiger partial charge in [0.25, 0.3) is 17.4 Å². The van der Waals surface area contributed by atoms with Crippen LogP contribution in [0.3, 0.4) is 0 Å². The highest BCUT2D eigenvalue weighted by Crippen LogP contribution is 2.42. The number of carbonyl (C=O) groups excluding carboxylic acids is 3. The van der Waals surface area contributed by atoms with Crippen molar-refractivity contribution in [2.45, 2.75) is 26.4 Å². The molecule has 0 spiro atoms. The van der Waals surface area contributed by atoms with Gasteiger partial charge in [0.2, 0.25) is 0 Å². The Morgan fingerprint density at radius 2 is 2.00 bits per heavy atom. The van der Waals surface area contributed by atoms with Gasteiger partial charge in [0, 0.05) is 42.3 Å². The van der Waals surface area contributed by atoms with Gasteiger partial charge in [-0.1, -0.05) is 18.2 Å². The molecule has 4 rings (SSSR count). The highest BCUT2D eigenvalue weighted by atomic mass is 16.6. The number of Topliss-reactive ketones (excluding diaryl/α,β-unsaturated/α-hetero) is 1. The van der Waals surface area contributed by atoms with E-state index in [0.717, 1.165) is 0 Å². The zero-order valence-corrected chi connectivity index (χ0v) is 19.6. The van der Waals surface area contributed by atoms with Crippen molar-refractivity contribution in [3.63, 3.8) is 0 Å². The van der Waals surface area contributed by atoms with E-state index in [0.29, 0.717) is 16.8 Å². The number of methoxy groups -OCH3 is 1. The van der Waals surface area contributed by atoms with Gasteiger partial charge in [-0.15, -0.1) is 0 Å². The van der Waals surface area contributed by atoms with Crippen LogP contribution in [-0.2, 0) is 20.9 Å². The first-order chi connectivity index (χ1) is 17.1. The van der Waals surface area contributed by atoms with Crippen LogP contribution >= 0.6 is 0 Å². The summed E-state index contributed by atoms with van der Waals surface area (Å²) in [7, 11) is 1.21. The second kappa shape index (κ2) is 9.45. The molecule has 0 unspecified atom stereocenters. The number of aromatic amines is 1. The van der Waals surface area contributed by atoms with Crippen molar-refractivity contribution in [3.8, 4) is 0 Å². The first-order valence-corrected chi connectivity index (χ1v) is 10.8. The van der Waals surface area contributed by atoms with Gasteiger partial charge in [-0.2, -0.15) is 0 Å². The third-order valence-corrected chi connectivity index (χ3v) is 6.08. The molecule has 1 amide bonds. The number of aryl methyl sites for hydroxylation is 1. The highest BCUT2D eigenvalue weighted by Gasteiger charge is 2.47. The number of nitrogens with one attached hydrogen (secondary N) is 1. The van der Waals surface area contributed by atoms with Crippen LogP contribution in [0.4, 0.5) is 5.69 Å². The molecule has 0 radical (unpaired) electrons. The Bertz CT molecular complexity index is 1430. The van der Waals surface area contributed by atoms with E-state index in [1.165, 1.54) is 36.4 Å². The van der Waals surface area contributed by atoms with Crippen LogP contribution in [0.1, 0.15) is 44.5 Å². The van der Waals surface area contributed by atoms with E-state index in [4.69, 9.17) is 4.74 Å². The molecule has 11 heteroatoms. The summed E-state index contributed by atoms with van der Waals surface area (Å²) < 4.78 is 4.77. The number of rotatable bonds is 6. The molecule has 36 heavy (non-hydrogen) atoms. The summed E-state index contributed by atoms with van der Waals surface area (Å²) >= 11 is 0. The van der Waals surface area contributed by atoms with E-state index in [2.05, 4.69) is 9.97 Å². The monoisotopic (exact) mass is 490 g/mol. The number of aliphatic hydroxyl groups is 1. The Kier molecular flexibility index (Phi) is 6.39. The molecule has 184 valence electrons. The van der Waals surface area contributed by atoms with E-state index in [1.54, 1.807) is 38.2 Å². The fourth-order valence-electron chi connectivity index (χ4n) is 4.43. The second-order valence-electron chi connectivity index (χ2n) is 8.26. The second-order valence-corrected chi connectivity index (χ2v) is 8.26. The Hall–Kier alpha value is -4.80. The third kappa shape index (κ3) is 4.11. The van der Waals surface area contributed by atoms with E-state index < -0.39 is 34.4 Å². The molecule has 3 aromatic rings. The molecule has 0 bridgehead atoms. The van der Waals surface area contributed by atoms with Gasteiger partial charge in [-0.25, -0.2) is 4.79 Å². The fraction of sp³-hybridized carbons (Fsp3) is 0.200. The SMILES string of the molecule is COC(=O)c1[nH]c(C)c(/C(O)=C2\C(=O)C(=O)N(Cc3cccnc3)[C@H]2c2cccc([N+](=O)[O-])c2)c1C. The van der Waals surface area contributed by atoms with Gasteiger partial charge in [-0.05, 0) is 36.6 Å². The van der Waals surface area contributed by atoms with Crippen LogP contribution in [-0.4, -0.2) is 49.7 Å². The molecule has 1 aliphatic rings. The largest absolute Gasteiger partial charge is 0.507 e. The fourth-order valence-corrected chi connectivity index (χ4v) is 4.43. The van der Waals surface area contributed by atoms with Gasteiger partial charge in [0.15, 0.2) is 0 Å². The lowest BCUT2D eigenvalue weighted by molar-refractivity contribution is -0.384. The van der Waals surface area contributed by atoms with E-state index in [9.17, 15) is 29.6 Å². The first-order valence-electron chi connectivity index (χ1n) is 10.8. The number of ether oxygens (including phenoxy) is 1. The Morgan fingerprint density at radius 3 is 2.64 bits per heavy atom. The van der Waals surface area contributed by atoms with Gasteiger partial charge in [0.1, 0.15) is 11.5 Å². The topological polar surface area (TPSA) is 156 Å². The number of pyridine rings is 1. The lowest BCUT2D eigenvalue weighted by Crippen LogP contribution is -2.29. The number of likely N-dealkylation sites (tertiary alicyclic amines) is 1. The number of non-ortho nitro benzene ring substituents is 1. The maximum Gasteiger partial charge on any atom is 0.354 e. The van der Waals surface area contributed by atoms with E-state index >= 15 is 0 Å². The molecule has 1 atom stereocenters. The van der Waals surface area contributed by atoms with Gasteiger partial charge < -0.3 is 19.7 Å². The minimum absolute atomic E-state index is 0.0267. The number of hydrogen-bond acceptors (Lipinski definition) is 8. The molecule has 11 nitrogen and oxygen atoms in total. The summed E-state index contributed by atoms with van der Waals surface area (Å²) in [4.78, 5) is 57.6. The van der Waals surface area contributed by atoms with Crippen LogP contribution in [0.15, 0.2) is 54.4 Å². The summed E-state index contributed by atoms with van der Waals surface area (Å²) in [6.07, 6.45) is 3.10. The lowest BCUT2D eigenvalue weighted by Gasteiger charge is -2.25. The number of benzene rings is 1. The van der Waals surface area contributed by atoms with Crippen molar-refractivity contribution < 1.29 is 29.2 Å². The standard InChI is InChI=1S/C25H22N4O7/c1-13-18(14(2)27-20(13)25(33)36-3)22(30)19-21(16-7-4-8-17(10-16)29(34)35)28(24(32)23(19)31)12-15-6-5-9-26-11-15/h4-11,21,27,30H,12H2,1-3H3/b22-19+/t21-/m0/s1. The Morgan fingerprint density at radius 1 is 1.25 bits per heavy atom. The third-order valence-electron chi connectivity index (χ3n) is 6.08. The van der Waals surface area contributed by atoms with Crippen molar-refractivity contribution >= 4 is 29.1 Å². The molecule has 0 aliphatic carbocycles. The molecule has 0 saturated carbocycles. The number of carbonyl (C=O) groups is 3. The molecule has 1 aromatic carbocycles. The molecule has 2 aromatic heterocycles. The van der Waals surface area contributed by atoms with Crippen molar-refractivity contribution in [1.29, 1.82) is 0 Å². The average molecular weight is 490 g/mol. The maximum absolute atomic E-state index is 13.3. The predicted octanol–water partition coefficient (Wildman–Crippen LogP) is 3.34. The first kappa shape index (κ1) is 24.3.